The number of hydrogen-bond acceptors (Lipinski definition) is 5. The maximum Gasteiger partial charge on any atom is 0.191 e. The van der Waals surface area contributed by atoms with Crippen molar-refractivity contribution in [3.8, 4) is 0 Å². The maximum absolute atomic E-state index is 5.36. The van der Waals surface area contributed by atoms with Crippen LogP contribution in [0.4, 0.5) is 0 Å². The maximum atomic E-state index is 5.36. The minimum Gasteiger partial charge on any atom is -0.364 e. The summed E-state index contributed by atoms with van der Waals surface area (Å²) in [4.78, 5) is 4.61. The first-order valence-electron chi connectivity index (χ1n) is 7.66. The Kier molecular flexibility index (Phi) is 6.00. The lowest BCUT2D eigenvalue weighted by Gasteiger charge is -2.10. The summed E-state index contributed by atoms with van der Waals surface area (Å²) in [6.07, 6.45) is 3.22. The standard InChI is InChI=1S/C15H23N5O2/c1-4-13-12(14(5-2)22-20-13)10-18-15(16-6-3)17-9-11-7-8-21-19-11/h7-8H,4-6,9-10H2,1-3H3,(H2,16,17,18). The van der Waals surface area contributed by atoms with Gasteiger partial charge in [0.2, 0.25) is 0 Å². The van der Waals surface area contributed by atoms with Crippen molar-refractivity contribution in [1.82, 2.24) is 20.9 Å². The summed E-state index contributed by atoms with van der Waals surface area (Å²) < 4.78 is 10.2. The van der Waals surface area contributed by atoms with Crippen LogP contribution in [0.2, 0.25) is 0 Å². The molecule has 2 aromatic heterocycles. The third-order valence-electron chi connectivity index (χ3n) is 3.27. The molecule has 0 saturated heterocycles. The Morgan fingerprint density at radius 3 is 2.68 bits per heavy atom. The molecular weight excluding hydrogens is 282 g/mol. The molecule has 0 aromatic carbocycles. The second kappa shape index (κ2) is 8.21. The number of guanidine groups is 1. The van der Waals surface area contributed by atoms with Crippen LogP contribution < -0.4 is 10.6 Å². The monoisotopic (exact) mass is 305 g/mol. The number of aryl methyl sites for hydroxylation is 2. The van der Waals surface area contributed by atoms with Crippen LogP contribution in [0.15, 0.2) is 26.4 Å². The van der Waals surface area contributed by atoms with Gasteiger partial charge >= 0.3 is 0 Å². The van der Waals surface area contributed by atoms with E-state index in [0.717, 1.165) is 48.1 Å². The van der Waals surface area contributed by atoms with Crippen LogP contribution in [-0.2, 0) is 25.9 Å². The van der Waals surface area contributed by atoms with E-state index in [1.165, 1.54) is 0 Å². The van der Waals surface area contributed by atoms with Gasteiger partial charge < -0.3 is 19.7 Å². The number of aromatic nitrogens is 2. The Morgan fingerprint density at radius 2 is 2.05 bits per heavy atom. The first-order chi connectivity index (χ1) is 10.8. The molecule has 7 nitrogen and oxygen atoms in total. The van der Waals surface area contributed by atoms with Crippen molar-refractivity contribution < 1.29 is 9.05 Å². The molecule has 22 heavy (non-hydrogen) atoms. The second-order valence-electron chi connectivity index (χ2n) is 4.78. The van der Waals surface area contributed by atoms with Crippen LogP contribution in [0.25, 0.3) is 0 Å². The lowest BCUT2D eigenvalue weighted by atomic mass is 10.1. The van der Waals surface area contributed by atoms with E-state index in [0.29, 0.717) is 13.1 Å². The Labute approximate surface area is 130 Å². The summed E-state index contributed by atoms with van der Waals surface area (Å²) >= 11 is 0. The van der Waals surface area contributed by atoms with E-state index in [1.807, 2.05) is 13.0 Å². The van der Waals surface area contributed by atoms with Gasteiger partial charge in [0.1, 0.15) is 17.7 Å². The van der Waals surface area contributed by atoms with Crippen molar-refractivity contribution in [3.05, 3.63) is 35.0 Å². The summed E-state index contributed by atoms with van der Waals surface area (Å²) in [5.74, 6) is 1.64. The fourth-order valence-electron chi connectivity index (χ4n) is 2.12. The first kappa shape index (κ1) is 16.1. The normalized spacial score (nSPS) is 11.7. The van der Waals surface area contributed by atoms with Crippen molar-refractivity contribution in [2.75, 3.05) is 6.54 Å². The Hall–Kier alpha value is -2.31. The van der Waals surface area contributed by atoms with Crippen LogP contribution in [0.3, 0.4) is 0 Å². The van der Waals surface area contributed by atoms with Gasteiger partial charge in [-0.05, 0) is 13.3 Å². The second-order valence-corrected chi connectivity index (χ2v) is 4.78. The van der Waals surface area contributed by atoms with Gasteiger partial charge in [-0.25, -0.2) is 4.99 Å². The molecular formula is C15H23N5O2. The molecule has 0 saturated carbocycles. The average Bonchev–Trinajstić information content (AvgIpc) is 3.18. The Balaban J connectivity index is 2.04. The molecule has 0 aliphatic heterocycles. The van der Waals surface area contributed by atoms with Crippen molar-refractivity contribution >= 4 is 5.96 Å². The summed E-state index contributed by atoms with van der Waals surface area (Å²) in [5, 5.41) is 14.4. The van der Waals surface area contributed by atoms with E-state index in [-0.39, 0.29) is 0 Å². The zero-order valence-corrected chi connectivity index (χ0v) is 13.3. The Bertz CT molecular complexity index is 568. The van der Waals surface area contributed by atoms with Crippen molar-refractivity contribution in [2.24, 2.45) is 4.99 Å². The lowest BCUT2D eigenvalue weighted by molar-refractivity contribution is 0.380. The fourth-order valence-corrected chi connectivity index (χ4v) is 2.12. The molecule has 0 amide bonds. The first-order valence-corrected chi connectivity index (χ1v) is 7.66. The number of aliphatic imine (C=N–C) groups is 1. The fraction of sp³-hybridized carbons (Fsp3) is 0.533. The zero-order chi connectivity index (χ0) is 15.8. The quantitative estimate of drug-likeness (QED) is 0.601. The van der Waals surface area contributed by atoms with E-state index in [9.17, 15) is 0 Å². The highest BCUT2D eigenvalue weighted by Crippen LogP contribution is 2.16. The van der Waals surface area contributed by atoms with Gasteiger partial charge in [-0.2, -0.15) is 0 Å². The molecule has 0 atom stereocenters. The zero-order valence-electron chi connectivity index (χ0n) is 13.3. The van der Waals surface area contributed by atoms with Crippen LogP contribution >= 0.6 is 0 Å². The van der Waals surface area contributed by atoms with Crippen LogP contribution in [0, 0.1) is 0 Å². The third-order valence-corrected chi connectivity index (χ3v) is 3.27. The number of hydrogen-bond donors (Lipinski definition) is 2. The van der Waals surface area contributed by atoms with Crippen LogP contribution in [-0.4, -0.2) is 22.8 Å². The minimum absolute atomic E-state index is 0.546. The smallest absolute Gasteiger partial charge is 0.191 e. The highest BCUT2D eigenvalue weighted by Gasteiger charge is 2.13. The molecule has 0 radical (unpaired) electrons. The topological polar surface area (TPSA) is 88.5 Å². The molecule has 7 heteroatoms. The van der Waals surface area contributed by atoms with Crippen molar-refractivity contribution in [1.29, 1.82) is 0 Å². The largest absolute Gasteiger partial charge is 0.364 e. The van der Waals surface area contributed by atoms with Crippen LogP contribution in [0.1, 0.15) is 43.5 Å². The summed E-state index contributed by atoms with van der Waals surface area (Å²) in [6.45, 7) is 8.05. The number of rotatable bonds is 7. The summed E-state index contributed by atoms with van der Waals surface area (Å²) in [5.41, 5.74) is 2.90. The highest BCUT2D eigenvalue weighted by atomic mass is 16.5. The van der Waals surface area contributed by atoms with Gasteiger partial charge in [-0.15, -0.1) is 0 Å². The molecule has 120 valence electrons. The predicted molar refractivity (Wildman–Crippen MR) is 83.4 cm³/mol. The van der Waals surface area contributed by atoms with E-state index in [1.54, 1.807) is 6.26 Å². The molecule has 2 rings (SSSR count). The Morgan fingerprint density at radius 1 is 1.18 bits per heavy atom. The summed E-state index contributed by atoms with van der Waals surface area (Å²) in [6, 6.07) is 1.82. The lowest BCUT2D eigenvalue weighted by Crippen LogP contribution is -2.36. The molecule has 0 fully saturated rings. The van der Waals surface area contributed by atoms with Gasteiger partial charge in [0, 0.05) is 24.6 Å². The van der Waals surface area contributed by atoms with Crippen molar-refractivity contribution in [2.45, 2.75) is 46.7 Å². The van der Waals surface area contributed by atoms with E-state index in [4.69, 9.17) is 9.05 Å². The number of nitrogens with one attached hydrogen (secondary N) is 2. The van der Waals surface area contributed by atoms with Gasteiger partial charge in [-0.1, -0.05) is 24.2 Å². The molecule has 0 spiro atoms. The molecule has 0 aliphatic rings. The van der Waals surface area contributed by atoms with Gasteiger partial charge in [0.25, 0.3) is 0 Å². The SMILES string of the molecule is CCNC(=NCc1c(CC)noc1CC)NCc1ccon1. The predicted octanol–water partition coefficient (Wildman–Crippen LogP) is 2.04. The number of nitrogens with zero attached hydrogens (tertiary/aromatic N) is 3. The third kappa shape index (κ3) is 4.09. The van der Waals surface area contributed by atoms with Gasteiger partial charge in [0.15, 0.2) is 5.96 Å². The highest BCUT2D eigenvalue weighted by molar-refractivity contribution is 5.79. The van der Waals surface area contributed by atoms with Gasteiger partial charge in [-0.3, -0.25) is 0 Å². The van der Waals surface area contributed by atoms with E-state index >= 15 is 0 Å². The molecule has 2 heterocycles. The molecule has 0 bridgehead atoms. The molecule has 0 unspecified atom stereocenters. The van der Waals surface area contributed by atoms with Crippen molar-refractivity contribution in [3.63, 3.8) is 0 Å². The van der Waals surface area contributed by atoms with E-state index in [2.05, 4.69) is 39.8 Å². The van der Waals surface area contributed by atoms with Crippen LogP contribution in [0.5, 0.6) is 0 Å². The molecule has 0 aliphatic carbocycles. The molecule has 2 N–H and O–H groups in total. The summed E-state index contributed by atoms with van der Waals surface area (Å²) in [7, 11) is 0. The molecule has 2 aromatic rings. The minimum atomic E-state index is 0.546. The van der Waals surface area contributed by atoms with E-state index < -0.39 is 0 Å². The van der Waals surface area contributed by atoms with Gasteiger partial charge in [0.05, 0.1) is 18.8 Å². The average molecular weight is 305 g/mol.